The topological polar surface area (TPSA) is 73.7 Å². The molecule has 1 atom stereocenters. The number of halogens is 1. The molecule has 0 aliphatic carbocycles. The van der Waals surface area contributed by atoms with Crippen LogP contribution in [-0.2, 0) is 4.79 Å². The summed E-state index contributed by atoms with van der Waals surface area (Å²) in [6.45, 7) is 3.71. The lowest BCUT2D eigenvalue weighted by Gasteiger charge is -2.16. The molecule has 5 nitrogen and oxygen atoms in total. The second-order valence-electron chi connectivity index (χ2n) is 5.36. The molecule has 0 saturated carbocycles. The van der Waals surface area contributed by atoms with E-state index in [1.807, 2.05) is 25.1 Å². The number of carbonyl (C=O) groups excluding carboxylic acids is 1. The Labute approximate surface area is 146 Å². The summed E-state index contributed by atoms with van der Waals surface area (Å²) in [4.78, 5) is 12.2. The van der Waals surface area contributed by atoms with E-state index in [9.17, 15) is 9.90 Å². The second kappa shape index (κ2) is 8.36. The fraction of sp³-hybridized carbons (Fsp3) is 0.222. The smallest absolute Gasteiger partial charge is 0.262 e. The number of phenols is 1. The third-order valence-electron chi connectivity index (χ3n) is 3.56. The van der Waals surface area contributed by atoms with E-state index in [1.54, 1.807) is 31.2 Å². The van der Waals surface area contributed by atoms with Crippen molar-refractivity contribution < 1.29 is 9.90 Å². The number of hydrazone groups is 1. The van der Waals surface area contributed by atoms with Gasteiger partial charge in [0, 0.05) is 16.3 Å². The van der Waals surface area contributed by atoms with Crippen LogP contribution in [-0.4, -0.2) is 23.3 Å². The highest BCUT2D eigenvalue weighted by Crippen LogP contribution is 2.19. The fourth-order valence-electron chi connectivity index (χ4n) is 2.13. The molecule has 1 unspecified atom stereocenters. The van der Waals surface area contributed by atoms with Gasteiger partial charge in [-0.05, 0) is 49.2 Å². The number of nitrogens with one attached hydrogen (secondary N) is 2. The molecule has 0 aromatic heterocycles. The second-order valence-corrected chi connectivity index (χ2v) is 5.80. The number of hydrogen-bond donors (Lipinski definition) is 3. The minimum absolute atomic E-state index is 0.154. The van der Waals surface area contributed by atoms with Crippen molar-refractivity contribution in [3.05, 3.63) is 58.6 Å². The summed E-state index contributed by atoms with van der Waals surface area (Å²) in [7, 11) is 0. The Kier molecular flexibility index (Phi) is 6.21. The molecule has 1 amide bonds. The summed E-state index contributed by atoms with van der Waals surface area (Å²) >= 11 is 5.85. The molecule has 24 heavy (non-hydrogen) atoms. The van der Waals surface area contributed by atoms with Gasteiger partial charge in [0.1, 0.15) is 11.8 Å². The van der Waals surface area contributed by atoms with Crippen LogP contribution in [0, 0.1) is 6.92 Å². The highest BCUT2D eigenvalue weighted by molar-refractivity contribution is 6.30. The molecule has 0 bridgehead atoms. The van der Waals surface area contributed by atoms with Crippen molar-refractivity contribution in [1.29, 1.82) is 0 Å². The number of aromatic hydroxyl groups is 1. The van der Waals surface area contributed by atoms with E-state index in [-0.39, 0.29) is 11.7 Å². The molecule has 0 fully saturated rings. The van der Waals surface area contributed by atoms with E-state index in [0.29, 0.717) is 17.0 Å². The quantitative estimate of drug-likeness (QED) is 0.552. The Hall–Kier alpha value is -2.53. The number of benzene rings is 2. The SMILES string of the molecule is CCC(Nc1ccc(Cl)cc1)C(=O)NN=Cc1cccc(C)c1O. The fourth-order valence-corrected chi connectivity index (χ4v) is 2.26. The summed E-state index contributed by atoms with van der Waals surface area (Å²) in [6, 6.07) is 12.1. The van der Waals surface area contributed by atoms with Gasteiger partial charge in [0.2, 0.25) is 0 Å². The van der Waals surface area contributed by atoms with Gasteiger partial charge in [-0.2, -0.15) is 5.10 Å². The lowest BCUT2D eigenvalue weighted by molar-refractivity contribution is -0.121. The van der Waals surface area contributed by atoms with Crippen molar-refractivity contribution in [3.63, 3.8) is 0 Å². The zero-order chi connectivity index (χ0) is 17.5. The van der Waals surface area contributed by atoms with Crippen LogP contribution in [0.5, 0.6) is 5.75 Å². The monoisotopic (exact) mass is 345 g/mol. The summed E-state index contributed by atoms with van der Waals surface area (Å²) in [6.07, 6.45) is 2.02. The van der Waals surface area contributed by atoms with Crippen LogP contribution in [0.3, 0.4) is 0 Å². The van der Waals surface area contributed by atoms with Gasteiger partial charge in [-0.3, -0.25) is 4.79 Å². The number of aryl methyl sites for hydroxylation is 1. The molecule has 2 aromatic carbocycles. The Bertz CT molecular complexity index is 730. The number of nitrogens with zero attached hydrogens (tertiary/aromatic N) is 1. The van der Waals surface area contributed by atoms with Gasteiger partial charge < -0.3 is 10.4 Å². The lowest BCUT2D eigenvalue weighted by Crippen LogP contribution is -2.36. The van der Waals surface area contributed by atoms with Crippen molar-refractivity contribution in [1.82, 2.24) is 5.43 Å². The van der Waals surface area contributed by atoms with Crippen LogP contribution in [0.25, 0.3) is 0 Å². The van der Waals surface area contributed by atoms with Crippen LogP contribution < -0.4 is 10.7 Å². The maximum absolute atomic E-state index is 12.2. The Morgan fingerprint density at radius 1 is 1.29 bits per heavy atom. The van der Waals surface area contributed by atoms with E-state index in [0.717, 1.165) is 11.3 Å². The zero-order valence-electron chi connectivity index (χ0n) is 13.6. The van der Waals surface area contributed by atoms with Crippen molar-refractivity contribution in [2.75, 3.05) is 5.32 Å². The molecule has 0 aliphatic rings. The van der Waals surface area contributed by atoms with E-state index >= 15 is 0 Å². The number of hydrogen-bond acceptors (Lipinski definition) is 4. The highest BCUT2D eigenvalue weighted by atomic mass is 35.5. The van der Waals surface area contributed by atoms with Crippen LogP contribution in [0.4, 0.5) is 5.69 Å². The zero-order valence-corrected chi connectivity index (χ0v) is 14.3. The minimum atomic E-state index is -0.422. The first-order valence-electron chi connectivity index (χ1n) is 7.65. The molecule has 0 aliphatic heterocycles. The molecule has 2 rings (SSSR count). The maximum Gasteiger partial charge on any atom is 0.262 e. The van der Waals surface area contributed by atoms with Crippen molar-refractivity contribution in [2.45, 2.75) is 26.3 Å². The van der Waals surface area contributed by atoms with E-state index in [4.69, 9.17) is 11.6 Å². The molecule has 0 radical (unpaired) electrons. The first-order chi connectivity index (χ1) is 11.5. The lowest BCUT2D eigenvalue weighted by atomic mass is 10.1. The van der Waals surface area contributed by atoms with Crippen molar-refractivity contribution >= 4 is 29.4 Å². The molecule has 0 heterocycles. The summed E-state index contributed by atoms with van der Waals surface area (Å²) < 4.78 is 0. The largest absolute Gasteiger partial charge is 0.507 e. The summed E-state index contributed by atoms with van der Waals surface area (Å²) in [5, 5.41) is 17.6. The Morgan fingerprint density at radius 3 is 2.67 bits per heavy atom. The third-order valence-corrected chi connectivity index (χ3v) is 3.81. The normalized spacial score (nSPS) is 12.1. The molecule has 126 valence electrons. The van der Waals surface area contributed by atoms with Gasteiger partial charge >= 0.3 is 0 Å². The van der Waals surface area contributed by atoms with Gasteiger partial charge in [-0.1, -0.05) is 30.7 Å². The Balaban J connectivity index is 1.97. The van der Waals surface area contributed by atoms with Crippen molar-refractivity contribution in [3.8, 4) is 5.75 Å². The maximum atomic E-state index is 12.2. The van der Waals surface area contributed by atoms with Gasteiger partial charge in [0.15, 0.2) is 0 Å². The number of para-hydroxylation sites is 1. The van der Waals surface area contributed by atoms with Crippen molar-refractivity contribution in [2.24, 2.45) is 5.10 Å². The molecule has 0 saturated heterocycles. The predicted molar refractivity (Wildman–Crippen MR) is 97.7 cm³/mol. The molecule has 6 heteroatoms. The molecule has 0 spiro atoms. The first kappa shape index (κ1) is 17.8. The molecular weight excluding hydrogens is 326 g/mol. The number of amides is 1. The number of phenolic OH excluding ortho intramolecular Hbond substituents is 1. The third kappa shape index (κ3) is 4.73. The minimum Gasteiger partial charge on any atom is -0.507 e. The molecule has 3 N–H and O–H groups in total. The number of rotatable bonds is 6. The summed E-state index contributed by atoms with van der Waals surface area (Å²) in [5.41, 5.74) is 4.60. The predicted octanol–water partition coefficient (Wildman–Crippen LogP) is 3.69. The molecule has 2 aromatic rings. The summed E-state index contributed by atoms with van der Waals surface area (Å²) in [5.74, 6) is -0.0994. The van der Waals surface area contributed by atoms with Gasteiger partial charge in [-0.25, -0.2) is 5.43 Å². The average Bonchev–Trinajstić information content (AvgIpc) is 2.58. The highest BCUT2D eigenvalue weighted by Gasteiger charge is 2.15. The van der Waals surface area contributed by atoms with Crippen LogP contribution in [0.15, 0.2) is 47.6 Å². The first-order valence-corrected chi connectivity index (χ1v) is 8.02. The van der Waals surface area contributed by atoms with Gasteiger partial charge in [0.25, 0.3) is 5.91 Å². The standard InChI is InChI=1S/C18H20ClN3O2/c1-3-16(21-15-9-7-14(19)8-10-15)18(24)22-20-11-13-6-4-5-12(2)17(13)23/h4-11,16,21,23H,3H2,1-2H3,(H,22,24). The van der Waals surface area contributed by atoms with Gasteiger partial charge in [-0.15, -0.1) is 0 Å². The number of anilines is 1. The van der Waals surface area contributed by atoms with Gasteiger partial charge in [0.05, 0.1) is 6.21 Å². The number of carbonyl (C=O) groups is 1. The van der Waals surface area contributed by atoms with E-state index < -0.39 is 6.04 Å². The van der Waals surface area contributed by atoms with E-state index in [2.05, 4.69) is 15.8 Å². The van der Waals surface area contributed by atoms with Crippen LogP contribution >= 0.6 is 11.6 Å². The Morgan fingerprint density at radius 2 is 2.00 bits per heavy atom. The van der Waals surface area contributed by atoms with Crippen LogP contribution in [0.1, 0.15) is 24.5 Å². The molecular formula is C18H20ClN3O2. The van der Waals surface area contributed by atoms with E-state index in [1.165, 1.54) is 6.21 Å². The van der Waals surface area contributed by atoms with Crippen LogP contribution in [0.2, 0.25) is 5.02 Å². The average molecular weight is 346 g/mol.